The molecule has 27 heavy (non-hydrogen) atoms. The Morgan fingerprint density at radius 1 is 1.07 bits per heavy atom. The van der Waals surface area contributed by atoms with Crippen molar-refractivity contribution in [2.45, 2.75) is 6.18 Å². The van der Waals surface area contributed by atoms with E-state index in [1.165, 1.54) is 12.1 Å². The van der Waals surface area contributed by atoms with Crippen LogP contribution in [0.2, 0.25) is 0 Å². The molecule has 0 unspecified atom stereocenters. The van der Waals surface area contributed by atoms with E-state index >= 15 is 0 Å². The Bertz CT molecular complexity index is 1020. The first kappa shape index (κ1) is 18.3. The van der Waals surface area contributed by atoms with Crippen molar-refractivity contribution in [3.8, 4) is 23.8 Å². The molecule has 0 saturated carbocycles. The third kappa shape index (κ3) is 4.21. The third-order valence-electron chi connectivity index (χ3n) is 3.86. The molecule has 3 aromatic rings. The summed E-state index contributed by atoms with van der Waals surface area (Å²) in [6.07, 6.45) is 0.734. The van der Waals surface area contributed by atoms with E-state index in [-0.39, 0.29) is 18.2 Å². The quantitative estimate of drug-likeness (QED) is 0.656. The largest absolute Gasteiger partial charge is 0.457 e. The number of benzene rings is 3. The molecular weight excluding hydrogens is 355 g/mol. The minimum atomic E-state index is -4.39. The maximum absolute atomic E-state index is 12.7. The molecule has 0 aliphatic carbocycles. The molecule has 0 atom stereocenters. The summed E-state index contributed by atoms with van der Waals surface area (Å²) in [6.45, 7) is 0.133. The van der Waals surface area contributed by atoms with Crippen LogP contribution in [-0.4, -0.2) is 12.5 Å². The number of fused-ring (bicyclic) bond motifs is 1. The number of terminal acetylenes is 1. The number of amides is 1. The normalized spacial score (nSPS) is 11.0. The van der Waals surface area contributed by atoms with E-state index in [1.807, 2.05) is 6.07 Å². The molecule has 1 amide bonds. The van der Waals surface area contributed by atoms with Gasteiger partial charge in [0.15, 0.2) is 0 Å². The zero-order valence-corrected chi connectivity index (χ0v) is 14.0. The molecule has 0 aliphatic heterocycles. The van der Waals surface area contributed by atoms with Crippen LogP contribution >= 0.6 is 0 Å². The summed E-state index contributed by atoms with van der Waals surface area (Å²) in [5.74, 6) is 2.80. The second-order valence-electron chi connectivity index (χ2n) is 5.70. The van der Waals surface area contributed by atoms with Crippen LogP contribution in [0.1, 0.15) is 15.9 Å². The number of nitrogens with one attached hydrogen (secondary N) is 1. The third-order valence-corrected chi connectivity index (χ3v) is 3.86. The maximum atomic E-state index is 12.7. The first-order valence-electron chi connectivity index (χ1n) is 7.98. The summed E-state index contributed by atoms with van der Waals surface area (Å²) in [4.78, 5) is 12.0. The molecule has 0 aromatic heterocycles. The van der Waals surface area contributed by atoms with Crippen molar-refractivity contribution in [3.63, 3.8) is 0 Å². The minimum Gasteiger partial charge on any atom is -0.457 e. The molecule has 0 fully saturated rings. The lowest BCUT2D eigenvalue weighted by molar-refractivity contribution is -0.137. The van der Waals surface area contributed by atoms with Crippen molar-refractivity contribution < 1.29 is 22.7 Å². The predicted octanol–water partition coefficient (Wildman–Crippen LogP) is 5.01. The minimum absolute atomic E-state index is 0.133. The highest BCUT2D eigenvalue weighted by molar-refractivity contribution is 6.00. The van der Waals surface area contributed by atoms with Crippen molar-refractivity contribution in [1.82, 2.24) is 5.32 Å². The summed E-state index contributed by atoms with van der Waals surface area (Å²) in [5.41, 5.74) is -0.292. The Hall–Kier alpha value is -3.46. The molecule has 0 radical (unpaired) electrons. The fourth-order valence-electron chi connectivity index (χ4n) is 2.56. The van der Waals surface area contributed by atoms with Gasteiger partial charge in [-0.3, -0.25) is 4.79 Å². The Kier molecular flexibility index (Phi) is 5.04. The second-order valence-corrected chi connectivity index (χ2v) is 5.70. The molecule has 0 saturated heterocycles. The zero-order chi connectivity index (χ0) is 19.4. The molecule has 1 N–H and O–H groups in total. The van der Waals surface area contributed by atoms with Gasteiger partial charge in [-0.2, -0.15) is 13.2 Å². The number of carbonyl (C=O) groups excluding carboxylic acids is 1. The lowest BCUT2D eigenvalue weighted by Crippen LogP contribution is -2.23. The first-order valence-corrected chi connectivity index (χ1v) is 7.98. The molecular formula is C21H14F3NO2. The monoisotopic (exact) mass is 369 g/mol. The highest BCUT2D eigenvalue weighted by atomic mass is 19.4. The summed E-state index contributed by atoms with van der Waals surface area (Å²) < 4.78 is 43.7. The lowest BCUT2D eigenvalue weighted by atomic mass is 10.1. The van der Waals surface area contributed by atoms with Gasteiger partial charge in [0.05, 0.1) is 12.1 Å². The fourth-order valence-corrected chi connectivity index (χ4v) is 2.56. The van der Waals surface area contributed by atoms with E-state index in [0.717, 1.165) is 22.9 Å². The number of alkyl halides is 3. The van der Waals surface area contributed by atoms with Crippen molar-refractivity contribution in [3.05, 3.63) is 71.8 Å². The summed E-state index contributed by atoms with van der Waals surface area (Å²) in [7, 11) is 0. The Morgan fingerprint density at radius 3 is 2.48 bits per heavy atom. The van der Waals surface area contributed by atoms with E-state index in [4.69, 9.17) is 11.2 Å². The van der Waals surface area contributed by atoms with Crippen LogP contribution < -0.4 is 10.1 Å². The smallest absolute Gasteiger partial charge is 0.416 e. The van der Waals surface area contributed by atoms with Gasteiger partial charge in [0.2, 0.25) is 0 Å². The van der Waals surface area contributed by atoms with Crippen molar-refractivity contribution in [2.24, 2.45) is 0 Å². The van der Waals surface area contributed by atoms with Gasteiger partial charge in [-0.25, -0.2) is 0 Å². The predicted molar refractivity (Wildman–Crippen MR) is 96.6 cm³/mol. The SMILES string of the molecule is C#CCNC(=O)c1ccc2c(Oc3ccc(C(F)(F)F)cc3)cccc2c1. The summed E-state index contributed by atoms with van der Waals surface area (Å²) in [6, 6.07) is 14.8. The molecule has 0 heterocycles. The highest BCUT2D eigenvalue weighted by Crippen LogP contribution is 2.33. The van der Waals surface area contributed by atoms with E-state index in [0.29, 0.717) is 11.3 Å². The molecule has 0 bridgehead atoms. The molecule has 0 spiro atoms. The van der Waals surface area contributed by atoms with E-state index in [1.54, 1.807) is 30.3 Å². The highest BCUT2D eigenvalue weighted by Gasteiger charge is 2.30. The van der Waals surface area contributed by atoms with Crippen LogP contribution in [0, 0.1) is 12.3 Å². The molecule has 3 aromatic carbocycles. The van der Waals surface area contributed by atoms with Crippen LogP contribution in [0.25, 0.3) is 10.8 Å². The van der Waals surface area contributed by atoms with Gasteiger partial charge in [0, 0.05) is 10.9 Å². The Morgan fingerprint density at radius 2 is 1.81 bits per heavy atom. The van der Waals surface area contributed by atoms with Gasteiger partial charge in [-0.15, -0.1) is 6.42 Å². The molecule has 3 nitrogen and oxygen atoms in total. The van der Waals surface area contributed by atoms with E-state index < -0.39 is 11.7 Å². The topological polar surface area (TPSA) is 38.3 Å². The van der Waals surface area contributed by atoms with Crippen LogP contribution in [0.4, 0.5) is 13.2 Å². The van der Waals surface area contributed by atoms with Gasteiger partial charge < -0.3 is 10.1 Å². The summed E-state index contributed by atoms with van der Waals surface area (Å²) in [5, 5.41) is 4.07. The average molecular weight is 369 g/mol. The first-order chi connectivity index (χ1) is 12.9. The van der Waals surface area contributed by atoms with Crippen LogP contribution in [0.3, 0.4) is 0 Å². The number of carbonyl (C=O) groups is 1. The van der Waals surface area contributed by atoms with Gasteiger partial charge in [0.1, 0.15) is 11.5 Å². The van der Waals surface area contributed by atoms with Crippen molar-refractivity contribution in [2.75, 3.05) is 6.54 Å². The Balaban J connectivity index is 1.87. The van der Waals surface area contributed by atoms with Crippen molar-refractivity contribution in [1.29, 1.82) is 0 Å². The van der Waals surface area contributed by atoms with Gasteiger partial charge >= 0.3 is 6.18 Å². The number of ether oxygens (including phenoxy) is 1. The van der Waals surface area contributed by atoms with Crippen LogP contribution in [0.15, 0.2) is 60.7 Å². The van der Waals surface area contributed by atoms with E-state index in [2.05, 4.69) is 11.2 Å². The number of rotatable bonds is 4. The Labute approximate surface area is 153 Å². The molecule has 136 valence electrons. The summed E-state index contributed by atoms with van der Waals surface area (Å²) >= 11 is 0. The second kappa shape index (κ2) is 7.42. The number of hydrogen-bond acceptors (Lipinski definition) is 2. The molecule has 0 aliphatic rings. The van der Waals surface area contributed by atoms with Gasteiger partial charge in [-0.1, -0.05) is 18.1 Å². The fraction of sp³-hybridized carbons (Fsp3) is 0.0952. The van der Waals surface area contributed by atoms with Crippen LogP contribution in [-0.2, 0) is 6.18 Å². The van der Waals surface area contributed by atoms with E-state index in [9.17, 15) is 18.0 Å². The van der Waals surface area contributed by atoms with Gasteiger partial charge in [-0.05, 0) is 53.9 Å². The standard InChI is InChI=1S/C21H14F3NO2/c1-2-12-25-20(26)15-6-11-18-14(13-15)4-3-5-19(18)27-17-9-7-16(8-10-17)21(22,23)24/h1,3-11,13H,12H2,(H,25,26). The maximum Gasteiger partial charge on any atom is 0.416 e. The number of halogens is 3. The molecule has 6 heteroatoms. The van der Waals surface area contributed by atoms with Crippen LogP contribution in [0.5, 0.6) is 11.5 Å². The van der Waals surface area contributed by atoms with Gasteiger partial charge in [0.25, 0.3) is 5.91 Å². The van der Waals surface area contributed by atoms with Crippen molar-refractivity contribution >= 4 is 16.7 Å². The number of hydrogen-bond donors (Lipinski definition) is 1. The zero-order valence-electron chi connectivity index (χ0n) is 14.0. The lowest BCUT2D eigenvalue weighted by Gasteiger charge is -2.11. The average Bonchev–Trinajstić information content (AvgIpc) is 2.65. The molecule has 3 rings (SSSR count).